The predicted molar refractivity (Wildman–Crippen MR) is 85.4 cm³/mol. The largest absolute Gasteiger partial charge is 0.462 e. The highest BCUT2D eigenvalue weighted by molar-refractivity contribution is 7.20. The molecule has 1 N–H and O–H groups in total. The molecule has 0 saturated carbocycles. The van der Waals surface area contributed by atoms with Crippen molar-refractivity contribution in [3.63, 3.8) is 0 Å². The van der Waals surface area contributed by atoms with E-state index in [0.717, 1.165) is 5.56 Å². The second-order valence-electron chi connectivity index (χ2n) is 4.72. The van der Waals surface area contributed by atoms with Gasteiger partial charge in [-0.2, -0.15) is 0 Å². The number of aromatic amines is 1. The molecule has 3 aromatic rings. The lowest BCUT2D eigenvalue weighted by Crippen LogP contribution is -2.11. The molecule has 0 aliphatic carbocycles. The number of thiophene rings is 1. The van der Waals surface area contributed by atoms with Crippen LogP contribution in [-0.4, -0.2) is 22.5 Å². The second kappa shape index (κ2) is 6.11. The molecule has 6 heteroatoms. The van der Waals surface area contributed by atoms with Gasteiger partial charge in [0, 0.05) is 6.42 Å². The maximum atomic E-state index is 12.1. The summed E-state index contributed by atoms with van der Waals surface area (Å²) in [6.45, 7) is 2.05. The van der Waals surface area contributed by atoms with E-state index in [1.165, 1.54) is 17.4 Å². The Labute approximate surface area is 130 Å². The number of benzene rings is 1. The van der Waals surface area contributed by atoms with Crippen LogP contribution in [0, 0.1) is 0 Å². The molecule has 2 aromatic heterocycles. The van der Waals surface area contributed by atoms with Crippen molar-refractivity contribution in [2.75, 3.05) is 6.61 Å². The van der Waals surface area contributed by atoms with Gasteiger partial charge < -0.3 is 9.72 Å². The molecule has 1 aromatic carbocycles. The number of hydrogen-bond acceptors (Lipinski definition) is 5. The molecule has 0 radical (unpaired) electrons. The molecule has 0 fully saturated rings. The van der Waals surface area contributed by atoms with Gasteiger partial charge in [0.05, 0.1) is 12.0 Å². The summed E-state index contributed by atoms with van der Waals surface area (Å²) in [5.74, 6) is 0.162. The lowest BCUT2D eigenvalue weighted by atomic mass is 10.1. The number of carbonyl (C=O) groups excluding carboxylic acids is 1. The zero-order chi connectivity index (χ0) is 15.5. The van der Waals surface area contributed by atoms with Crippen LogP contribution in [0.25, 0.3) is 10.2 Å². The smallest absolute Gasteiger partial charge is 0.348 e. The Balaban J connectivity index is 1.97. The average Bonchev–Trinajstić information content (AvgIpc) is 2.93. The molecule has 112 valence electrons. The molecule has 0 unspecified atom stereocenters. The van der Waals surface area contributed by atoms with E-state index >= 15 is 0 Å². The van der Waals surface area contributed by atoms with Gasteiger partial charge in [-0.25, -0.2) is 9.78 Å². The zero-order valence-corrected chi connectivity index (χ0v) is 12.8. The topological polar surface area (TPSA) is 72.1 Å². The fourth-order valence-corrected chi connectivity index (χ4v) is 3.10. The number of nitrogens with one attached hydrogen (secondary N) is 1. The number of ether oxygens (including phenoxy) is 1. The molecule has 5 nitrogen and oxygen atoms in total. The third-order valence-electron chi connectivity index (χ3n) is 3.14. The Kier molecular flexibility index (Phi) is 4.02. The quantitative estimate of drug-likeness (QED) is 0.752. The molecule has 2 heterocycles. The maximum Gasteiger partial charge on any atom is 0.348 e. The lowest BCUT2D eigenvalue weighted by Gasteiger charge is -2.00. The second-order valence-corrected chi connectivity index (χ2v) is 5.76. The van der Waals surface area contributed by atoms with Gasteiger partial charge in [0.2, 0.25) is 0 Å². The van der Waals surface area contributed by atoms with E-state index in [2.05, 4.69) is 9.97 Å². The van der Waals surface area contributed by atoms with E-state index in [-0.39, 0.29) is 5.56 Å². The zero-order valence-electron chi connectivity index (χ0n) is 12.0. The summed E-state index contributed by atoms with van der Waals surface area (Å²) in [7, 11) is 0. The van der Waals surface area contributed by atoms with Crippen LogP contribution in [-0.2, 0) is 11.2 Å². The summed E-state index contributed by atoms with van der Waals surface area (Å²) in [6.07, 6.45) is 0.540. The number of hydrogen-bond donors (Lipinski definition) is 1. The Morgan fingerprint density at radius 3 is 2.82 bits per heavy atom. The van der Waals surface area contributed by atoms with Gasteiger partial charge in [0.15, 0.2) is 0 Å². The number of nitrogens with zero attached hydrogens (tertiary/aromatic N) is 1. The maximum absolute atomic E-state index is 12.1. The first-order chi connectivity index (χ1) is 10.7. The Hall–Kier alpha value is -2.47. The number of aromatic nitrogens is 2. The van der Waals surface area contributed by atoms with Crippen LogP contribution in [0.2, 0.25) is 0 Å². The summed E-state index contributed by atoms with van der Waals surface area (Å²) < 4.78 is 4.95. The highest BCUT2D eigenvalue weighted by Gasteiger charge is 2.15. The fourth-order valence-electron chi connectivity index (χ4n) is 2.15. The van der Waals surface area contributed by atoms with E-state index in [1.54, 1.807) is 6.92 Å². The van der Waals surface area contributed by atoms with Crippen LogP contribution in [0.15, 0.2) is 41.2 Å². The number of rotatable bonds is 4. The normalized spacial score (nSPS) is 10.8. The average molecular weight is 314 g/mol. The van der Waals surface area contributed by atoms with Crippen LogP contribution in [0.3, 0.4) is 0 Å². The SMILES string of the molecule is CCOC(=O)c1cc2c(=O)[nH]c(Cc3ccccc3)nc2s1. The predicted octanol–water partition coefficient (Wildman–Crippen LogP) is 2.75. The summed E-state index contributed by atoms with van der Waals surface area (Å²) in [6, 6.07) is 11.3. The molecule has 0 amide bonds. The highest BCUT2D eigenvalue weighted by Crippen LogP contribution is 2.22. The first-order valence-corrected chi connectivity index (χ1v) is 7.73. The molecule has 0 atom stereocenters. The van der Waals surface area contributed by atoms with Gasteiger partial charge in [-0.3, -0.25) is 4.79 Å². The van der Waals surface area contributed by atoms with Crippen LogP contribution >= 0.6 is 11.3 Å². The Bertz CT molecular complexity index is 868. The van der Waals surface area contributed by atoms with Crippen molar-refractivity contribution in [2.45, 2.75) is 13.3 Å². The van der Waals surface area contributed by atoms with E-state index < -0.39 is 5.97 Å². The monoisotopic (exact) mass is 314 g/mol. The first kappa shape index (κ1) is 14.5. The number of esters is 1. The lowest BCUT2D eigenvalue weighted by molar-refractivity contribution is 0.0532. The summed E-state index contributed by atoms with van der Waals surface area (Å²) in [5, 5.41) is 0.421. The number of carbonyl (C=O) groups is 1. The van der Waals surface area contributed by atoms with Gasteiger partial charge in [0.25, 0.3) is 5.56 Å². The van der Waals surface area contributed by atoms with E-state index in [1.807, 2.05) is 30.3 Å². The third kappa shape index (κ3) is 2.92. The minimum atomic E-state index is -0.422. The van der Waals surface area contributed by atoms with Gasteiger partial charge in [0.1, 0.15) is 15.5 Å². The van der Waals surface area contributed by atoms with Gasteiger partial charge in [-0.05, 0) is 18.6 Å². The molecule has 0 aliphatic rings. The number of fused-ring (bicyclic) bond motifs is 1. The molecule has 0 aliphatic heterocycles. The molecule has 3 rings (SSSR count). The van der Waals surface area contributed by atoms with Gasteiger partial charge in [-0.1, -0.05) is 30.3 Å². The van der Waals surface area contributed by atoms with E-state index in [0.29, 0.717) is 33.9 Å². The Morgan fingerprint density at radius 2 is 2.09 bits per heavy atom. The Morgan fingerprint density at radius 1 is 1.32 bits per heavy atom. The molecular weight excluding hydrogens is 300 g/mol. The summed E-state index contributed by atoms with van der Waals surface area (Å²) in [4.78, 5) is 32.1. The minimum absolute atomic E-state index is 0.234. The van der Waals surface area contributed by atoms with Crippen molar-refractivity contribution in [3.8, 4) is 0 Å². The minimum Gasteiger partial charge on any atom is -0.462 e. The third-order valence-corrected chi connectivity index (χ3v) is 4.15. The van der Waals surface area contributed by atoms with Crippen LogP contribution in [0.5, 0.6) is 0 Å². The fraction of sp³-hybridized carbons (Fsp3) is 0.188. The summed E-state index contributed by atoms with van der Waals surface area (Å²) in [5.41, 5.74) is 0.829. The van der Waals surface area contributed by atoms with Crippen molar-refractivity contribution >= 4 is 27.5 Å². The van der Waals surface area contributed by atoms with E-state index in [4.69, 9.17) is 4.74 Å². The van der Waals surface area contributed by atoms with Gasteiger partial charge >= 0.3 is 5.97 Å². The molecule has 0 spiro atoms. The van der Waals surface area contributed by atoms with Crippen LogP contribution < -0.4 is 5.56 Å². The van der Waals surface area contributed by atoms with Crippen LogP contribution in [0.4, 0.5) is 0 Å². The molecule has 0 bridgehead atoms. The molecule has 22 heavy (non-hydrogen) atoms. The van der Waals surface area contributed by atoms with Crippen LogP contribution in [0.1, 0.15) is 28.0 Å². The standard InChI is InChI=1S/C16H14N2O3S/c1-2-21-16(20)12-9-11-14(19)17-13(18-15(11)22-12)8-10-6-4-3-5-7-10/h3-7,9H,2,8H2,1H3,(H,17,18,19). The van der Waals surface area contributed by atoms with Crippen molar-refractivity contribution in [1.29, 1.82) is 0 Å². The highest BCUT2D eigenvalue weighted by atomic mass is 32.1. The van der Waals surface area contributed by atoms with Crippen molar-refractivity contribution in [3.05, 3.63) is 63.0 Å². The summed E-state index contributed by atoms with van der Waals surface area (Å²) >= 11 is 1.18. The van der Waals surface area contributed by atoms with E-state index in [9.17, 15) is 9.59 Å². The molecule has 0 saturated heterocycles. The van der Waals surface area contributed by atoms with Crippen molar-refractivity contribution in [1.82, 2.24) is 9.97 Å². The molecular formula is C16H14N2O3S. The first-order valence-electron chi connectivity index (χ1n) is 6.91. The van der Waals surface area contributed by atoms with Gasteiger partial charge in [-0.15, -0.1) is 11.3 Å². The van der Waals surface area contributed by atoms with Crippen molar-refractivity contribution < 1.29 is 9.53 Å². The van der Waals surface area contributed by atoms with Crippen molar-refractivity contribution in [2.24, 2.45) is 0 Å². The number of H-pyrrole nitrogens is 1.